The molecule has 12 nitrogen and oxygen atoms in total. The van der Waals surface area contributed by atoms with Crippen molar-refractivity contribution < 1.29 is 46.2 Å². The predicted octanol–water partition coefficient (Wildman–Crippen LogP) is -1.42. The molecule has 0 bridgehead atoms. The average molecular weight is 471 g/mol. The van der Waals surface area contributed by atoms with Gasteiger partial charge in [0.05, 0.1) is 11.7 Å². The summed E-state index contributed by atoms with van der Waals surface area (Å²) in [6.45, 7) is 2.48. The van der Waals surface area contributed by atoms with Gasteiger partial charge in [-0.1, -0.05) is 0 Å². The number of aromatic nitrogens is 2. The van der Waals surface area contributed by atoms with Crippen LogP contribution in [0.2, 0.25) is 0 Å². The van der Waals surface area contributed by atoms with Crippen molar-refractivity contribution in [3.8, 4) is 0 Å². The van der Waals surface area contributed by atoms with E-state index in [0.29, 0.717) is 11.1 Å². The molecule has 2 N–H and O–H groups in total. The zero-order valence-corrected chi connectivity index (χ0v) is 17.1. The van der Waals surface area contributed by atoms with Gasteiger partial charge in [-0.2, -0.15) is 15.3 Å². The zero-order chi connectivity index (χ0) is 22.5. The molecule has 0 saturated heterocycles. The fraction of sp³-hybridized carbons (Fsp3) is 0.111. The summed E-state index contributed by atoms with van der Waals surface area (Å²) in [6, 6.07) is 5.91. The molecule has 0 aliphatic heterocycles. The second kappa shape index (κ2) is 14.1. The third-order valence-electron chi connectivity index (χ3n) is 3.09. The van der Waals surface area contributed by atoms with Gasteiger partial charge in [0.15, 0.2) is 0 Å². The van der Waals surface area contributed by atoms with Crippen molar-refractivity contribution in [1.82, 2.24) is 15.4 Å². The molecule has 0 aromatic carbocycles. The first kappa shape index (κ1) is 27.0. The number of carbonyl (C=O) groups is 3. The minimum Gasteiger partial charge on any atom is -0.857 e. The van der Waals surface area contributed by atoms with E-state index in [9.17, 15) is 24.6 Å². The zero-order valence-electron chi connectivity index (χ0n) is 16.2. The SMILES string of the molecule is C/C(=N/N=C([O-])c1ccncc1)C(=O)[O-].C/C(=N/NC(=O)c1ccncc1)C(=O)O.[Ni+2]. The number of carboxylic acids is 2. The van der Waals surface area contributed by atoms with Gasteiger partial charge in [0.25, 0.3) is 5.91 Å². The number of hydrogen-bond acceptors (Lipinski definition) is 10. The monoisotopic (exact) mass is 470 g/mol. The van der Waals surface area contributed by atoms with Crippen molar-refractivity contribution in [2.24, 2.45) is 15.3 Å². The van der Waals surface area contributed by atoms with E-state index in [1.165, 1.54) is 62.9 Å². The summed E-state index contributed by atoms with van der Waals surface area (Å²) in [4.78, 5) is 39.4. The molecule has 1 amide bonds. The van der Waals surface area contributed by atoms with Crippen molar-refractivity contribution in [1.29, 1.82) is 0 Å². The van der Waals surface area contributed by atoms with Crippen LogP contribution in [-0.2, 0) is 26.1 Å². The number of hydrazone groups is 1. The Labute approximate surface area is 186 Å². The van der Waals surface area contributed by atoms with Gasteiger partial charge < -0.3 is 20.1 Å². The molecular formula is C18H16N6NiO6. The molecule has 2 aromatic heterocycles. The second-order valence-electron chi connectivity index (χ2n) is 5.29. The summed E-state index contributed by atoms with van der Waals surface area (Å²) in [5, 5.41) is 39.8. The third-order valence-corrected chi connectivity index (χ3v) is 3.09. The fourth-order valence-corrected chi connectivity index (χ4v) is 1.46. The number of carboxylic acid groups (broad SMARTS) is 2. The maximum absolute atomic E-state index is 11.3. The van der Waals surface area contributed by atoms with Crippen molar-refractivity contribution in [2.45, 2.75) is 13.8 Å². The Kier molecular flexibility index (Phi) is 12.3. The third kappa shape index (κ3) is 10.4. The van der Waals surface area contributed by atoms with E-state index < -0.39 is 23.7 Å². The molecule has 0 unspecified atom stereocenters. The van der Waals surface area contributed by atoms with Crippen LogP contribution in [0.15, 0.2) is 64.4 Å². The van der Waals surface area contributed by atoms with Gasteiger partial charge in [-0.05, 0) is 43.7 Å². The molecule has 0 spiro atoms. The number of nitrogens with one attached hydrogen (secondary N) is 1. The standard InChI is InChI=1S/2C9H9N3O3.Ni/c2*1-6(9(14)15)11-12-8(13)7-2-4-10-5-3-7;/h2*2-5H,1H3,(H,12,13)(H,14,15);/q;;+2/p-2/b2*11-6-;. The van der Waals surface area contributed by atoms with E-state index in [1.54, 1.807) is 0 Å². The number of aliphatic carboxylic acids is 2. The normalized spacial score (nSPS) is 11.4. The van der Waals surface area contributed by atoms with Crippen LogP contribution in [0.4, 0.5) is 0 Å². The quantitative estimate of drug-likeness (QED) is 0.222. The van der Waals surface area contributed by atoms with Crippen LogP contribution >= 0.6 is 0 Å². The summed E-state index contributed by atoms with van der Waals surface area (Å²) in [5.41, 5.74) is 2.25. The predicted molar refractivity (Wildman–Crippen MR) is 101 cm³/mol. The van der Waals surface area contributed by atoms with Crippen LogP contribution in [0.5, 0.6) is 0 Å². The molecule has 2 rings (SSSR count). The van der Waals surface area contributed by atoms with Crippen molar-refractivity contribution >= 4 is 35.2 Å². The molecule has 2 heterocycles. The van der Waals surface area contributed by atoms with Gasteiger partial charge in [0, 0.05) is 36.2 Å². The van der Waals surface area contributed by atoms with Gasteiger partial charge in [-0.3, -0.25) is 14.8 Å². The van der Waals surface area contributed by atoms with Gasteiger partial charge in [-0.25, -0.2) is 10.2 Å². The van der Waals surface area contributed by atoms with E-state index in [1.807, 2.05) is 0 Å². The van der Waals surface area contributed by atoms with Crippen LogP contribution in [0, 0.1) is 0 Å². The number of carbonyl (C=O) groups excluding carboxylic acids is 2. The first-order valence-electron chi connectivity index (χ1n) is 8.11. The first-order valence-corrected chi connectivity index (χ1v) is 8.11. The van der Waals surface area contributed by atoms with Crippen LogP contribution in [0.25, 0.3) is 0 Å². The molecule has 13 heteroatoms. The van der Waals surface area contributed by atoms with E-state index in [-0.39, 0.29) is 27.9 Å². The molecule has 164 valence electrons. The number of amides is 1. The Hall–Kier alpha value is -3.99. The van der Waals surface area contributed by atoms with Crippen molar-refractivity contribution in [3.05, 3.63) is 60.2 Å². The Balaban J connectivity index is 0.000000562. The van der Waals surface area contributed by atoms with E-state index in [0.717, 1.165) is 0 Å². The average Bonchev–Trinajstić information content (AvgIpc) is 2.76. The minimum atomic E-state index is -1.46. The summed E-state index contributed by atoms with van der Waals surface area (Å²) >= 11 is 0. The van der Waals surface area contributed by atoms with Gasteiger partial charge in [0.1, 0.15) is 5.71 Å². The number of pyridine rings is 2. The molecule has 0 atom stereocenters. The molecule has 0 aliphatic carbocycles. The van der Waals surface area contributed by atoms with Crippen molar-refractivity contribution in [3.63, 3.8) is 0 Å². The second-order valence-corrected chi connectivity index (χ2v) is 5.29. The Morgan fingerprint density at radius 2 is 1.35 bits per heavy atom. The summed E-state index contributed by atoms with van der Waals surface area (Å²) < 4.78 is 0. The molecule has 0 radical (unpaired) electrons. The van der Waals surface area contributed by atoms with Gasteiger partial charge in [-0.15, -0.1) is 0 Å². The number of hydrogen-bond donors (Lipinski definition) is 2. The molecular weight excluding hydrogens is 455 g/mol. The van der Waals surface area contributed by atoms with Crippen LogP contribution in [-0.4, -0.2) is 50.2 Å². The van der Waals surface area contributed by atoms with E-state index in [4.69, 9.17) is 5.11 Å². The topological polar surface area (TPSA) is 192 Å². The summed E-state index contributed by atoms with van der Waals surface area (Å²) in [7, 11) is 0. The largest absolute Gasteiger partial charge is 2.00 e. The van der Waals surface area contributed by atoms with Crippen LogP contribution < -0.4 is 15.6 Å². The smallest absolute Gasteiger partial charge is 0.857 e. The maximum Gasteiger partial charge on any atom is 2.00 e. The van der Waals surface area contributed by atoms with Crippen LogP contribution in [0.3, 0.4) is 0 Å². The minimum absolute atomic E-state index is 0. The Morgan fingerprint density at radius 1 is 0.871 bits per heavy atom. The molecule has 0 saturated carbocycles. The molecule has 31 heavy (non-hydrogen) atoms. The van der Waals surface area contributed by atoms with E-state index in [2.05, 4.69) is 30.7 Å². The molecule has 0 aliphatic rings. The fourth-order valence-electron chi connectivity index (χ4n) is 1.46. The summed E-state index contributed by atoms with van der Waals surface area (Å²) in [6.07, 6.45) is 5.78. The number of rotatable bonds is 6. The van der Waals surface area contributed by atoms with Gasteiger partial charge in [0.2, 0.25) is 0 Å². The molecule has 0 fully saturated rings. The number of nitrogens with zero attached hydrogens (tertiary/aromatic N) is 5. The first-order chi connectivity index (χ1) is 14.2. The van der Waals surface area contributed by atoms with Crippen molar-refractivity contribution in [2.75, 3.05) is 0 Å². The maximum atomic E-state index is 11.3. The van der Waals surface area contributed by atoms with Crippen LogP contribution in [0.1, 0.15) is 29.8 Å². The Bertz CT molecular complexity index is 980. The van der Waals surface area contributed by atoms with Gasteiger partial charge >= 0.3 is 22.5 Å². The van der Waals surface area contributed by atoms with E-state index >= 15 is 0 Å². The molecule has 2 aromatic rings. The summed E-state index contributed by atoms with van der Waals surface area (Å²) in [5.74, 6) is -3.73. The Morgan fingerprint density at radius 3 is 1.81 bits per heavy atom.